The molecule has 4 rings (SSSR count). The van der Waals surface area contributed by atoms with Gasteiger partial charge in [-0.3, -0.25) is 25.1 Å². The molecule has 1 aromatic heterocycles. The molecule has 1 aliphatic heterocycles. The molecule has 0 unspecified atom stereocenters. The van der Waals surface area contributed by atoms with Crippen molar-refractivity contribution in [3.63, 3.8) is 0 Å². The van der Waals surface area contributed by atoms with Crippen molar-refractivity contribution in [1.29, 1.82) is 0 Å². The predicted octanol–water partition coefficient (Wildman–Crippen LogP) is 3.27. The fraction of sp³-hybridized carbons (Fsp3) is 0.238. The second-order valence-corrected chi connectivity index (χ2v) is 10.6. The molecule has 0 saturated carbocycles. The number of hydrogen-bond acceptors (Lipinski definition) is 8. The Morgan fingerprint density at radius 1 is 1.25 bits per heavy atom. The largest absolute Gasteiger partial charge is 0.298 e. The molecule has 2 heterocycles. The van der Waals surface area contributed by atoms with Gasteiger partial charge in [0, 0.05) is 54.9 Å². The summed E-state index contributed by atoms with van der Waals surface area (Å²) in [7, 11) is -3.72. The smallest absolute Gasteiger partial charge is 0.271 e. The maximum absolute atomic E-state index is 12.7. The molecule has 2 aromatic carbocycles. The van der Waals surface area contributed by atoms with E-state index in [1.54, 1.807) is 0 Å². The van der Waals surface area contributed by atoms with Gasteiger partial charge in [-0.2, -0.15) is 0 Å². The Morgan fingerprint density at radius 2 is 2.00 bits per heavy atom. The summed E-state index contributed by atoms with van der Waals surface area (Å²) in [5, 5.41) is 14.2. The second kappa shape index (κ2) is 8.77. The minimum Gasteiger partial charge on any atom is -0.298 e. The zero-order valence-electron chi connectivity index (χ0n) is 17.1. The zero-order valence-corrected chi connectivity index (χ0v) is 18.8. The third kappa shape index (κ3) is 5.01. The van der Waals surface area contributed by atoms with Crippen molar-refractivity contribution in [1.82, 2.24) is 9.88 Å². The van der Waals surface area contributed by atoms with E-state index in [-0.39, 0.29) is 10.5 Å². The second-order valence-electron chi connectivity index (χ2n) is 7.53. The summed E-state index contributed by atoms with van der Waals surface area (Å²) >= 11 is 1.36. The van der Waals surface area contributed by atoms with Crippen LogP contribution in [0.4, 0.5) is 10.8 Å². The van der Waals surface area contributed by atoms with Crippen molar-refractivity contribution in [2.45, 2.75) is 24.4 Å². The Hall–Kier alpha value is -3.15. The lowest BCUT2D eigenvalue weighted by molar-refractivity contribution is -0.385. The van der Waals surface area contributed by atoms with Gasteiger partial charge in [0.15, 0.2) is 15.0 Å². The summed E-state index contributed by atoms with van der Waals surface area (Å²) in [6.07, 6.45) is 1.69. The Labute approximate surface area is 188 Å². The van der Waals surface area contributed by atoms with Gasteiger partial charge in [-0.1, -0.05) is 30.3 Å². The van der Waals surface area contributed by atoms with Crippen LogP contribution < -0.4 is 5.32 Å². The number of nitrogens with one attached hydrogen (secondary N) is 1. The Bertz CT molecular complexity index is 1290. The lowest BCUT2D eigenvalue weighted by Crippen LogP contribution is -2.29. The van der Waals surface area contributed by atoms with Crippen LogP contribution in [0.15, 0.2) is 53.4 Å². The van der Waals surface area contributed by atoms with Crippen LogP contribution in [-0.2, 0) is 29.3 Å². The molecule has 0 spiro atoms. The number of amides is 1. The van der Waals surface area contributed by atoms with Crippen LogP contribution >= 0.6 is 11.3 Å². The van der Waals surface area contributed by atoms with Crippen LogP contribution in [0.3, 0.4) is 0 Å². The molecule has 1 N–H and O–H groups in total. The van der Waals surface area contributed by atoms with E-state index in [4.69, 9.17) is 0 Å². The highest BCUT2D eigenvalue weighted by Gasteiger charge is 2.23. The summed E-state index contributed by atoms with van der Waals surface area (Å²) < 4.78 is 23.7. The van der Waals surface area contributed by atoms with Crippen molar-refractivity contribution >= 4 is 37.9 Å². The quantitative estimate of drug-likeness (QED) is 0.431. The van der Waals surface area contributed by atoms with Gasteiger partial charge in [-0.15, -0.1) is 11.3 Å². The number of aromatic nitrogens is 1. The molecule has 11 heteroatoms. The number of rotatable bonds is 6. The van der Waals surface area contributed by atoms with Gasteiger partial charge >= 0.3 is 0 Å². The number of nitro benzene ring substituents is 1. The van der Waals surface area contributed by atoms with Crippen molar-refractivity contribution in [2.75, 3.05) is 18.1 Å². The number of fused-ring (bicyclic) bond motifs is 1. The molecule has 0 fully saturated rings. The van der Waals surface area contributed by atoms with E-state index >= 15 is 0 Å². The maximum Gasteiger partial charge on any atom is 0.271 e. The first-order valence-electron chi connectivity index (χ1n) is 9.75. The summed E-state index contributed by atoms with van der Waals surface area (Å²) in [5.74, 6) is -0.647. The van der Waals surface area contributed by atoms with E-state index in [1.807, 2.05) is 18.2 Å². The van der Waals surface area contributed by atoms with E-state index in [0.717, 1.165) is 54.5 Å². The lowest BCUT2D eigenvalue weighted by atomic mass is 10.1. The number of nitrogens with zero attached hydrogens (tertiary/aromatic N) is 3. The van der Waals surface area contributed by atoms with Crippen LogP contribution in [0.2, 0.25) is 0 Å². The molecular weight excluding hydrogens is 452 g/mol. The van der Waals surface area contributed by atoms with Gasteiger partial charge < -0.3 is 0 Å². The zero-order chi connectivity index (χ0) is 22.9. The van der Waals surface area contributed by atoms with Gasteiger partial charge in [-0.05, 0) is 11.6 Å². The summed E-state index contributed by atoms with van der Waals surface area (Å²) in [6, 6.07) is 13.3. The first-order valence-corrected chi connectivity index (χ1v) is 12.5. The number of hydrogen-bond donors (Lipinski definition) is 1. The van der Waals surface area contributed by atoms with Crippen LogP contribution in [0.5, 0.6) is 0 Å². The van der Waals surface area contributed by atoms with Gasteiger partial charge in [0.25, 0.3) is 11.6 Å². The first-order chi connectivity index (χ1) is 15.2. The highest BCUT2D eigenvalue weighted by molar-refractivity contribution is 7.90. The third-order valence-electron chi connectivity index (χ3n) is 5.07. The van der Waals surface area contributed by atoms with E-state index in [0.29, 0.717) is 11.7 Å². The highest BCUT2D eigenvalue weighted by atomic mass is 32.2. The first kappa shape index (κ1) is 22.1. The standard InChI is InChI=1S/C21H20N4O5S2/c1-32(29,30)17-10-15(9-16(11-17)25(27)28)20(26)23-21-22-18-7-8-24(13-19(18)31-21)12-14-5-3-2-4-6-14/h2-6,9-11H,7-8,12-13H2,1H3,(H,22,23,26). The minimum absolute atomic E-state index is 0.112. The number of carbonyl (C=O) groups excluding carboxylic acids is 1. The molecule has 0 aliphatic carbocycles. The van der Waals surface area contributed by atoms with E-state index in [1.165, 1.54) is 16.9 Å². The Kier molecular flexibility index (Phi) is 6.04. The molecule has 3 aromatic rings. The number of sulfone groups is 1. The average Bonchev–Trinajstić information content (AvgIpc) is 3.15. The van der Waals surface area contributed by atoms with Crippen molar-refractivity contribution < 1.29 is 18.1 Å². The molecule has 0 radical (unpaired) electrons. The Morgan fingerprint density at radius 3 is 2.69 bits per heavy atom. The number of thiazole rings is 1. The molecule has 0 bridgehead atoms. The SMILES string of the molecule is CS(=O)(=O)c1cc(C(=O)Nc2nc3c(s2)CN(Cc2ccccc2)CC3)cc([N+](=O)[O-])c1. The summed E-state index contributed by atoms with van der Waals surface area (Å²) in [4.78, 5) is 30.7. The molecule has 9 nitrogen and oxygen atoms in total. The van der Waals surface area contributed by atoms with Gasteiger partial charge in [0.2, 0.25) is 0 Å². The number of non-ortho nitro benzene ring substituents is 1. The number of benzene rings is 2. The molecule has 1 aliphatic rings. The number of carbonyl (C=O) groups is 1. The van der Waals surface area contributed by atoms with E-state index in [9.17, 15) is 23.3 Å². The number of anilines is 1. The summed E-state index contributed by atoms with van der Waals surface area (Å²) in [5.41, 5.74) is 1.57. The molecule has 1 amide bonds. The van der Waals surface area contributed by atoms with Gasteiger partial charge in [0.1, 0.15) is 0 Å². The minimum atomic E-state index is -3.72. The fourth-order valence-corrected chi connectivity index (χ4v) is 5.20. The van der Waals surface area contributed by atoms with E-state index in [2.05, 4.69) is 27.3 Å². The van der Waals surface area contributed by atoms with E-state index < -0.39 is 26.4 Å². The molecule has 0 saturated heterocycles. The van der Waals surface area contributed by atoms with Crippen molar-refractivity contribution in [3.8, 4) is 0 Å². The highest BCUT2D eigenvalue weighted by Crippen LogP contribution is 2.30. The molecule has 166 valence electrons. The topological polar surface area (TPSA) is 123 Å². The molecule has 0 atom stereocenters. The average molecular weight is 473 g/mol. The lowest BCUT2D eigenvalue weighted by Gasteiger charge is -2.25. The predicted molar refractivity (Wildman–Crippen MR) is 121 cm³/mol. The number of nitro groups is 1. The van der Waals surface area contributed by atoms with Crippen LogP contribution in [0.25, 0.3) is 0 Å². The monoisotopic (exact) mass is 472 g/mol. The van der Waals surface area contributed by atoms with Crippen LogP contribution in [0, 0.1) is 10.1 Å². The van der Waals surface area contributed by atoms with Crippen molar-refractivity contribution in [3.05, 3.63) is 80.3 Å². The summed E-state index contributed by atoms with van der Waals surface area (Å²) in [6.45, 7) is 2.39. The maximum atomic E-state index is 12.7. The fourth-order valence-electron chi connectivity index (χ4n) is 3.48. The third-order valence-corrected chi connectivity index (χ3v) is 7.16. The molecule has 32 heavy (non-hydrogen) atoms. The normalized spacial score (nSPS) is 14.0. The molecular formula is C21H20N4O5S2. The Balaban J connectivity index is 1.51. The van der Waals surface area contributed by atoms with Crippen LogP contribution in [0.1, 0.15) is 26.5 Å². The van der Waals surface area contributed by atoms with Gasteiger partial charge in [-0.25, -0.2) is 13.4 Å². The van der Waals surface area contributed by atoms with Crippen LogP contribution in [-0.4, -0.2) is 41.9 Å². The van der Waals surface area contributed by atoms with Gasteiger partial charge in [0.05, 0.1) is 15.5 Å². The van der Waals surface area contributed by atoms with Crippen molar-refractivity contribution in [2.24, 2.45) is 0 Å².